The minimum Gasteiger partial charge on any atom is -0.458 e. The highest BCUT2D eigenvalue weighted by molar-refractivity contribution is 9.10. The topological polar surface area (TPSA) is 39.2 Å². The monoisotopic (exact) mass is 333 g/mol. The van der Waals surface area contributed by atoms with E-state index in [1.165, 1.54) is 25.7 Å². The fourth-order valence-electron chi connectivity index (χ4n) is 4.34. The predicted molar refractivity (Wildman–Crippen MR) is 84.4 cm³/mol. The van der Waals surface area contributed by atoms with Crippen molar-refractivity contribution in [2.75, 3.05) is 0 Å². The fraction of sp³-hybridized carbons (Fsp3) is 0.529. The van der Waals surface area contributed by atoms with Gasteiger partial charge in [-0.15, -0.1) is 0 Å². The van der Waals surface area contributed by atoms with Crippen molar-refractivity contribution in [2.45, 2.75) is 38.1 Å². The van der Waals surface area contributed by atoms with Gasteiger partial charge in [-0.1, -0.05) is 18.6 Å². The molecule has 0 amide bonds. The van der Waals surface area contributed by atoms with E-state index in [1.807, 2.05) is 12.1 Å². The van der Waals surface area contributed by atoms with Gasteiger partial charge in [-0.2, -0.15) is 0 Å². The summed E-state index contributed by atoms with van der Waals surface area (Å²) in [4.78, 5) is 0. The van der Waals surface area contributed by atoms with E-state index in [2.05, 4.69) is 28.1 Å². The lowest BCUT2D eigenvalue weighted by atomic mass is 9.84. The van der Waals surface area contributed by atoms with Crippen LogP contribution in [0.15, 0.2) is 33.2 Å². The molecule has 4 atom stereocenters. The van der Waals surface area contributed by atoms with Gasteiger partial charge < -0.3 is 10.2 Å². The van der Waals surface area contributed by atoms with Gasteiger partial charge in [-0.25, -0.2) is 0 Å². The number of halogens is 1. The van der Waals surface area contributed by atoms with Crippen LogP contribution in [0.4, 0.5) is 0 Å². The van der Waals surface area contributed by atoms with Gasteiger partial charge in [-0.3, -0.25) is 0 Å². The molecule has 2 bridgehead atoms. The maximum atomic E-state index is 6.41. The van der Waals surface area contributed by atoms with Crippen molar-refractivity contribution in [3.05, 3.63) is 34.5 Å². The first-order valence-electron chi connectivity index (χ1n) is 7.64. The van der Waals surface area contributed by atoms with Gasteiger partial charge in [0.05, 0.1) is 10.5 Å². The second-order valence-electron chi connectivity index (χ2n) is 6.58. The lowest BCUT2D eigenvalue weighted by Gasteiger charge is -2.23. The first-order valence-corrected chi connectivity index (χ1v) is 8.43. The van der Waals surface area contributed by atoms with Crippen LogP contribution >= 0.6 is 15.9 Å². The van der Waals surface area contributed by atoms with Gasteiger partial charge in [-0.05, 0) is 71.5 Å². The Morgan fingerprint density at radius 1 is 1.30 bits per heavy atom. The van der Waals surface area contributed by atoms with Crippen LogP contribution < -0.4 is 5.73 Å². The number of fused-ring (bicyclic) bond motifs is 3. The summed E-state index contributed by atoms with van der Waals surface area (Å²) in [5.41, 5.74) is 7.33. The number of rotatable bonds is 3. The summed E-state index contributed by atoms with van der Waals surface area (Å²) in [6.45, 7) is 0. The summed E-state index contributed by atoms with van der Waals surface area (Å²) in [6, 6.07) is 8.28. The molecule has 0 radical (unpaired) electrons. The van der Waals surface area contributed by atoms with Crippen molar-refractivity contribution in [1.82, 2.24) is 0 Å². The number of nitrogens with two attached hydrogens (primary N) is 1. The lowest BCUT2D eigenvalue weighted by molar-refractivity contribution is 0.285. The summed E-state index contributed by atoms with van der Waals surface area (Å²) >= 11 is 3.54. The molecule has 2 aliphatic carbocycles. The Hall–Kier alpha value is -0.800. The minimum atomic E-state index is 0.0404. The normalized spacial score (nSPS) is 30.2. The molecular weight excluding hydrogens is 314 g/mol. The first-order chi connectivity index (χ1) is 9.70. The number of benzene rings is 1. The Morgan fingerprint density at radius 3 is 2.90 bits per heavy atom. The van der Waals surface area contributed by atoms with Crippen LogP contribution in [-0.4, -0.2) is 0 Å². The molecule has 2 aromatic rings. The van der Waals surface area contributed by atoms with Crippen molar-refractivity contribution < 1.29 is 4.42 Å². The number of furan rings is 1. The van der Waals surface area contributed by atoms with Crippen LogP contribution in [0.1, 0.15) is 43.9 Å². The molecule has 3 heteroatoms. The second kappa shape index (κ2) is 4.88. The molecule has 4 rings (SSSR count). The molecule has 2 aliphatic rings. The van der Waals surface area contributed by atoms with E-state index in [0.717, 1.165) is 45.4 Å². The third-order valence-electron chi connectivity index (χ3n) is 5.32. The summed E-state index contributed by atoms with van der Waals surface area (Å²) in [5, 5.41) is 1.14. The Morgan fingerprint density at radius 2 is 2.20 bits per heavy atom. The molecule has 20 heavy (non-hydrogen) atoms. The average molecular weight is 334 g/mol. The Kier molecular flexibility index (Phi) is 3.15. The van der Waals surface area contributed by atoms with Crippen molar-refractivity contribution >= 4 is 26.9 Å². The smallest absolute Gasteiger partial charge is 0.148 e. The predicted octanol–water partition coefficient (Wildman–Crippen LogP) is 5.02. The Labute approximate surface area is 127 Å². The van der Waals surface area contributed by atoms with E-state index in [9.17, 15) is 0 Å². The van der Waals surface area contributed by atoms with Crippen molar-refractivity contribution in [3.63, 3.8) is 0 Å². The minimum absolute atomic E-state index is 0.0404. The van der Waals surface area contributed by atoms with Gasteiger partial charge in [0.1, 0.15) is 11.3 Å². The molecule has 0 aliphatic heterocycles. The molecule has 4 unspecified atom stereocenters. The second-order valence-corrected chi connectivity index (χ2v) is 7.44. The lowest BCUT2D eigenvalue weighted by Crippen LogP contribution is -2.19. The molecule has 2 N–H and O–H groups in total. The SMILES string of the molecule is NC(CC1CC2CCC1C2)c1cc2cccc(Br)c2o1. The molecular formula is C17H20BrNO. The number of hydrogen-bond acceptors (Lipinski definition) is 2. The van der Waals surface area contributed by atoms with E-state index < -0.39 is 0 Å². The maximum Gasteiger partial charge on any atom is 0.148 e. The van der Waals surface area contributed by atoms with E-state index in [-0.39, 0.29) is 6.04 Å². The third-order valence-corrected chi connectivity index (χ3v) is 5.95. The molecule has 1 aromatic carbocycles. The van der Waals surface area contributed by atoms with Crippen LogP contribution in [0.5, 0.6) is 0 Å². The standard InChI is InChI=1S/C17H20BrNO/c18-14-3-1-2-12-9-16(20-17(12)14)15(19)8-13-7-10-4-5-11(13)6-10/h1-3,9-11,13,15H,4-8,19H2. The van der Waals surface area contributed by atoms with Gasteiger partial charge in [0.25, 0.3) is 0 Å². The van der Waals surface area contributed by atoms with Gasteiger partial charge in [0.15, 0.2) is 0 Å². The van der Waals surface area contributed by atoms with Crippen molar-refractivity contribution in [1.29, 1.82) is 0 Å². The average Bonchev–Trinajstić information content (AvgIpc) is 3.12. The highest BCUT2D eigenvalue weighted by Crippen LogP contribution is 2.50. The Balaban J connectivity index is 1.55. The largest absolute Gasteiger partial charge is 0.458 e. The van der Waals surface area contributed by atoms with Crippen molar-refractivity contribution in [3.8, 4) is 0 Å². The summed E-state index contributed by atoms with van der Waals surface area (Å²) in [6.07, 6.45) is 6.80. The van der Waals surface area contributed by atoms with Gasteiger partial charge in [0, 0.05) is 5.39 Å². The van der Waals surface area contributed by atoms with E-state index in [0.29, 0.717) is 0 Å². The molecule has 2 saturated carbocycles. The van der Waals surface area contributed by atoms with Gasteiger partial charge >= 0.3 is 0 Å². The highest BCUT2D eigenvalue weighted by atomic mass is 79.9. The highest BCUT2D eigenvalue weighted by Gasteiger charge is 2.40. The summed E-state index contributed by atoms with van der Waals surface area (Å²) in [5.74, 6) is 3.68. The Bertz CT molecular complexity index is 635. The summed E-state index contributed by atoms with van der Waals surface area (Å²) < 4.78 is 6.99. The van der Waals surface area contributed by atoms with Crippen LogP contribution in [0.2, 0.25) is 0 Å². The summed E-state index contributed by atoms with van der Waals surface area (Å²) in [7, 11) is 0. The molecule has 2 nitrogen and oxygen atoms in total. The number of hydrogen-bond donors (Lipinski definition) is 1. The van der Waals surface area contributed by atoms with Gasteiger partial charge in [0.2, 0.25) is 0 Å². The fourth-order valence-corrected chi connectivity index (χ4v) is 4.80. The van der Waals surface area contributed by atoms with Crippen molar-refractivity contribution in [2.24, 2.45) is 23.5 Å². The van der Waals surface area contributed by atoms with Crippen LogP contribution in [0, 0.1) is 17.8 Å². The molecule has 1 heterocycles. The quantitative estimate of drug-likeness (QED) is 0.856. The maximum absolute atomic E-state index is 6.41. The van der Waals surface area contributed by atoms with E-state index >= 15 is 0 Å². The van der Waals surface area contributed by atoms with Crippen LogP contribution in [-0.2, 0) is 0 Å². The third kappa shape index (κ3) is 2.11. The first kappa shape index (κ1) is 12.9. The van der Waals surface area contributed by atoms with E-state index in [4.69, 9.17) is 10.2 Å². The molecule has 0 saturated heterocycles. The zero-order valence-electron chi connectivity index (χ0n) is 11.5. The van der Waals surface area contributed by atoms with E-state index in [1.54, 1.807) is 0 Å². The zero-order chi connectivity index (χ0) is 13.7. The molecule has 1 aromatic heterocycles. The molecule has 106 valence electrons. The molecule has 0 spiro atoms. The van der Waals surface area contributed by atoms with Crippen LogP contribution in [0.25, 0.3) is 11.0 Å². The molecule has 2 fully saturated rings. The van der Waals surface area contributed by atoms with Crippen LogP contribution in [0.3, 0.4) is 0 Å². The zero-order valence-corrected chi connectivity index (χ0v) is 13.1. The number of para-hydroxylation sites is 1.